The molecule has 0 N–H and O–H groups in total. The Labute approximate surface area is 121 Å². The van der Waals surface area contributed by atoms with E-state index in [2.05, 4.69) is 4.98 Å². The molecule has 112 valence electrons. The van der Waals surface area contributed by atoms with Crippen LogP contribution < -0.4 is 0 Å². The molecular formula is C14H6F4N2O2. The Kier molecular flexibility index (Phi) is 3.16. The topological polar surface area (TPSA) is 50.3 Å². The molecule has 1 aliphatic heterocycles. The summed E-state index contributed by atoms with van der Waals surface area (Å²) < 4.78 is 53.8. The highest BCUT2D eigenvalue weighted by Crippen LogP contribution is 2.32. The maximum Gasteiger partial charge on any atom is 0.265 e. The van der Waals surface area contributed by atoms with Crippen LogP contribution >= 0.6 is 0 Å². The number of aromatic nitrogens is 1. The third-order valence-electron chi connectivity index (χ3n) is 3.25. The van der Waals surface area contributed by atoms with E-state index in [-0.39, 0.29) is 6.54 Å². The Balaban J connectivity index is 2.10. The van der Waals surface area contributed by atoms with Crippen molar-refractivity contribution in [1.82, 2.24) is 9.88 Å². The summed E-state index contributed by atoms with van der Waals surface area (Å²) in [5.74, 6) is -10.4. The van der Waals surface area contributed by atoms with Crippen molar-refractivity contribution in [3.63, 3.8) is 0 Å². The predicted octanol–water partition coefficient (Wildman–Crippen LogP) is 2.43. The molecular weight excluding hydrogens is 304 g/mol. The Hall–Kier alpha value is -2.77. The molecule has 4 nitrogen and oxygen atoms in total. The summed E-state index contributed by atoms with van der Waals surface area (Å²) in [6, 6.07) is 3.07. The van der Waals surface area contributed by atoms with Gasteiger partial charge >= 0.3 is 0 Å². The molecule has 1 aromatic carbocycles. The highest BCUT2D eigenvalue weighted by Gasteiger charge is 2.43. The number of pyridine rings is 1. The van der Waals surface area contributed by atoms with Gasteiger partial charge in [-0.2, -0.15) is 0 Å². The van der Waals surface area contributed by atoms with Crippen molar-refractivity contribution < 1.29 is 27.2 Å². The molecule has 2 aromatic rings. The number of hydrogen-bond donors (Lipinski definition) is 0. The summed E-state index contributed by atoms with van der Waals surface area (Å²) in [6.07, 6.45) is 2.80. The van der Waals surface area contributed by atoms with Gasteiger partial charge in [0.05, 0.1) is 17.7 Å². The van der Waals surface area contributed by atoms with Crippen LogP contribution in [0.4, 0.5) is 17.6 Å². The monoisotopic (exact) mass is 310 g/mol. The first kappa shape index (κ1) is 14.2. The minimum absolute atomic E-state index is 0.317. The van der Waals surface area contributed by atoms with E-state index in [4.69, 9.17) is 0 Å². The van der Waals surface area contributed by atoms with Gasteiger partial charge in [-0.25, -0.2) is 17.6 Å². The van der Waals surface area contributed by atoms with Crippen LogP contribution in [0.1, 0.15) is 26.3 Å². The lowest BCUT2D eigenvalue weighted by Gasteiger charge is -2.13. The van der Waals surface area contributed by atoms with Crippen LogP contribution in [0.2, 0.25) is 0 Å². The van der Waals surface area contributed by atoms with Crippen LogP contribution in [-0.2, 0) is 6.54 Å². The lowest BCUT2D eigenvalue weighted by Crippen LogP contribution is -2.29. The number of nitrogens with zero attached hydrogens (tertiary/aromatic N) is 2. The highest BCUT2D eigenvalue weighted by atomic mass is 19.2. The fraction of sp³-hybridized carbons (Fsp3) is 0.0714. The molecule has 0 radical (unpaired) electrons. The Morgan fingerprint density at radius 3 is 1.91 bits per heavy atom. The van der Waals surface area contributed by atoms with Crippen LogP contribution in [0.5, 0.6) is 0 Å². The predicted molar refractivity (Wildman–Crippen MR) is 64.7 cm³/mol. The number of carbonyl (C=O) groups excluding carboxylic acids is 2. The molecule has 0 saturated carbocycles. The second-order valence-electron chi connectivity index (χ2n) is 4.56. The summed E-state index contributed by atoms with van der Waals surface area (Å²) in [5, 5.41) is 0. The van der Waals surface area contributed by atoms with Gasteiger partial charge in [0, 0.05) is 12.4 Å². The van der Waals surface area contributed by atoms with Crippen molar-refractivity contribution in [3.05, 3.63) is 64.5 Å². The third-order valence-corrected chi connectivity index (χ3v) is 3.25. The standard InChI is InChI=1S/C14H6F4N2O2/c15-9-7-8(10(16)12(18)11(9)17)14(22)20(13(7)21)5-6-2-1-3-19-4-6/h1-4H,5H2. The zero-order valence-corrected chi connectivity index (χ0v) is 10.7. The molecule has 1 aromatic heterocycles. The van der Waals surface area contributed by atoms with Crippen molar-refractivity contribution >= 4 is 11.8 Å². The number of rotatable bonds is 2. The van der Waals surface area contributed by atoms with E-state index in [0.29, 0.717) is 10.5 Å². The van der Waals surface area contributed by atoms with Crippen molar-refractivity contribution in [3.8, 4) is 0 Å². The number of carbonyl (C=O) groups is 2. The van der Waals surface area contributed by atoms with Gasteiger partial charge < -0.3 is 0 Å². The first-order valence-electron chi connectivity index (χ1n) is 6.04. The molecule has 0 saturated heterocycles. The lowest BCUT2D eigenvalue weighted by atomic mass is 10.1. The van der Waals surface area contributed by atoms with Crippen LogP contribution in [0.15, 0.2) is 24.5 Å². The quantitative estimate of drug-likeness (QED) is 0.370. The Bertz CT molecular complexity index is 761. The molecule has 0 spiro atoms. The first-order valence-corrected chi connectivity index (χ1v) is 6.04. The average Bonchev–Trinajstić information content (AvgIpc) is 2.76. The fourth-order valence-electron chi connectivity index (χ4n) is 2.21. The minimum Gasteiger partial charge on any atom is -0.270 e. The van der Waals surface area contributed by atoms with E-state index in [0.717, 1.165) is 0 Å². The Morgan fingerprint density at radius 2 is 1.45 bits per heavy atom. The SMILES string of the molecule is O=C1c2c(F)c(F)c(F)c(F)c2C(=O)N1Cc1cccnc1. The van der Waals surface area contributed by atoms with Crippen LogP contribution in [0.3, 0.4) is 0 Å². The van der Waals surface area contributed by atoms with Gasteiger partial charge in [0.2, 0.25) is 0 Å². The van der Waals surface area contributed by atoms with E-state index in [1.807, 2.05) is 0 Å². The molecule has 0 aliphatic carbocycles. The molecule has 1 aliphatic rings. The van der Waals surface area contributed by atoms with E-state index in [1.54, 1.807) is 0 Å². The summed E-state index contributed by atoms with van der Waals surface area (Å²) >= 11 is 0. The average molecular weight is 310 g/mol. The molecule has 0 unspecified atom stereocenters. The lowest BCUT2D eigenvalue weighted by molar-refractivity contribution is 0.0639. The molecule has 22 heavy (non-hydrogen) atoms. The molecule has 2 amide bonds. The van der Waals surface area contributed by atoms with Crippen molar-refractivity contribution in [2.24, 2.45) is 0 Å². The maximum atomic E-state index is 13.7. The fourth-order valence-corrected chi connectivity index (χ4v) is 2.21. The van der Waals surface area contributed by atoms with Crippen molar-refractivity contribution in [2.75, 3.05) is 0 Å². The number of hydrogen-bond acceptors (Lipinski definition) is 3. The second-order valence-corrected chi connectivity index (χ2v) is 4.56. The van der Waals surface area contributed by atoms with E-state index >= 15 is 0 Å². The van der Waals surface area contributed by atoms with Gasteiger partial charge in [0.25, 0.3) is 11.8 Å². The van der Waals surface area contributed by atoms with E-state index in [1.165, 1.54) is 24.5 Å². The van der Waals surface area contributed by atoms with Crippen LogP contribution in [0.25, 0.3) is 0 Å². The smallest absolute Gasteiger partial charge is 0.265 e. The zero-order chi connectivity index (χ0) is 16.0. The largest absolute Gasteiger partial charge is 0.270 e. The van der Waals surface area contributed by atoms with Crippen LogP contribution in [-0.4, -0.2) is 21.7 Å². The van der Waals surface area contributed by atoms with Crippen LogP contribution in [0, 0.1) is 23.3 Å². The molecule has 0 atom stereocenters. The number of benzene rings is 1. The number of halogens is 4. The molecule has 3 rings (SSSR count). The maximum absolute atomic E-state index is 13.7. The highest BCUT2D eigenvalue weighted by molar-refractivity contribution is 6.21. The van der Waals surface area contributed by atoms with Gasteiger partial charge in [0.15, 0.2) is 23.3 Å². The van der Waals surface area contributed by atoms with E-state index in [9.17, 15) is 27.2 Å². The van der Waals surface area contributed by atoms with Crippen molar-refractivity contribution in [1.29, 1.82) is 0 Å². The second kappa shape index (κ2) is 4.90. The van der Waals surface area contributed by atoms with Gasteiger partial charge in [-0.05, 0) is 11.6 Å². The zero-order valence-electron chi connectivity index (χ0n) is 10.7. The number of amides is 2. The molecule has 8 heteroatoms. The van der Waals surface area contributed by atoms with Gasteiger partial charge in [-0.15, -0.1) is 0 Å². The molecule has 0 fully saturated rings. The first-order chi connectivity index (χ1) is 10.4. The van der Waals surface area contributed by atoms with E-state index < -0.39 is 46.2 Å². The summed E-state index contributed by atoms with van der Waals surface area (Å²) in [4.78, 5) is 28.4. The van der Waals surface area contributed by atoms with Crippen molar-refractivity contribution in [2.45, 2.75) is 6.54 Å². The normalized spacial score (nSPS) is 13.7. The number of imide groups is 1. The molecule has 2 heterocycles. The minimum atomic E-state index is -2.12. The molecule has 0 bridgehead atoms. The summed E-state index contributed by atoms with van der Waals surface area (Å²) in [5.41, 5.74) is -1.77. The van der Waals surface area contributed by atoms with Gasteiger partial charge in [-0.3, -0.25) is 19.5 Å². The summed E-state index contributed by atoms with van der Waals surface area (Å²) in [6.45, 7) is -0.317. The van der Waals surface area contributed by atoms with Gasteiger partial charge in [-0.1, -0.05) is 6.07 Å². The summed E-state index contributed by atoms with van der Waals surface area (Å²) in [7, 11) is 0. The number of fused-ring (bicyclic) bond motifs is 1. The Morgan fingerprint density at radius 1 is 0.909 bits per heavy atom. The van der Waals surface area contributed by atoms with Gasteiger partial charge in [0.1, 0.15) is 0 Å². The third kappa shape index (κ3) is 1.87.